The number of carbonyl (C=O) groups is 1. The van der Waals surface area contributed by atoms with Crippen LogP contribution in [0.15, 0.2) is 6.07 Å². The minimum Gasteiger partial charge on any atom is -0.466 e. The highest BCUT2D eigenvalue weighted by Crippen LogP contribution is 2.09. The summed E-state index contributed by atoms with van der Waals surface area (Å²) in [7, 11) is 1.78. The van der Waals surface area contributed by atoms with E-state index in [1.807, 2.05) is 13.0 Å². The minimum absolute atomic E-state index is 0.158. The topological polar surface area (TPSA) is 76.1 Å². The van der Waals surface area contributed by atoms with Gasteiger partial charge in [0, 0.05) is 31.8 Å². The highest BCUT2D eigenvalue weighted by Gasteiger charge is 2.02. The number of nitrogens with zero attached hydrogens (tertiary/aromatic N) is 2. The fourth-order valence-corrected chi connectivity index (χ4v) is 1.45. The maximum atomic E-state index is 11.1. The molecule has 6 nitrogen and oxygen atoms in total. The summed E-state index contributed by atoms with van der Waals surface area (Å²) >= 11 is 0. The van der Waals surface area contributed by atoms with Crippen LogP contribution in [0.4, 0.5) is 11.8 Å². The zero-order valence-corrected chi connectivity index (χ0v) is 11.1. The van der Waals surface area contributed by atoms with Gasteiger partial charge in [0.05, 0.1) is 6.61 Å². The summed E-state index contributed by atoms with van der Waals surface area (Å²) in [5.74, 6) is 1.19. The van der Waals surface area contributed by atoms with Crippen molar-refractivity contribution in [2.24, 2.45) is 0 Å². The molecule has 0 aliphatic rings. The third-order valence-electron chi connectivity index (χ3n) is 2.25. The van der Waals surface area contributed by atoms with Crippen molar-refractivity contribution in [2.45, 2.75) is 26.7 Å². The molecule has 0 bridgehead atoms. The molecule has 1 heterocycles. The highest BCUT2D eigenvalue weighted by atomic mass is 16.5. The molecule has 0 saturated carbocycles. The Morgan fingerprint density at radius 2 is 2.22 bits per heavy atom. The Balaban J connectivity index is 2.35. The Morgan fingerprint density at radius 1 is 1.44 bits per heavy atom. The predicted octanol–water partition coefficient (Wildman–Crippen LogP) is 1.58. The van der Waals surface area contributed by atoms with Crippen molar-refractivity contribution in [1.29, 1.82) is 0 Å². The van der Waals surface area contributed by atoms with Crippen LogP contribution in [0.2, 0.25) is 0 Å². The third kappa shape index (κ3) is 4.99. The Morgan fingerprint density at radius 3 is 2.89 bits per heavy atom. The second-order valence-corrected chi connectivity index (χ2v) is 3.80. The van der Waals surface area contributed by atoms with Gasteiger partial charge in [-0.1, -0.05) is 0 Å². The van der Waals surface area contributed by atoms with Crippen LogP contribution in [0.25, 0.3) is 0 Å². The van der Waals surface area contributed by atoms with Crippen LogP contribution in [0.1, 0.15) is 25.5 Å². The van der Waals surface area contributed by atoms with Crippen LogP contribution in [0.5, 0.6) is 0 Å². The van der Waals surface area contributed by atoms with E-state index in [-0.39, 0.29) is 5.97 Å². The van der Waals surface area contributed by atoms with Gasteiger partial charge >= 0.3 is 5.97 Å². The molecule has 2 N–H and O–H groups in total. The first-order valence-corrected chi connectivity index (χ1v) is 6.08. The molecule has 6 heteroatoms. The second kappa shape index (κ2) is 7.47. The number of aromatic nitrogens is 2. The summed E-state index contributed by atoms with van der Waals surface area (Å²) in [6.45, 7) is 4.83. The van der Waals surface area contributed by atoms with E-state index in [9.17, 15) is 4.79 Å². The van der Waals surface area contributed by atoms with Gasteiger partial charge in [-0.05, 0) is 20.3 Å². The molecule has 1 aromatic heterocycles. The van der Waals surface area contributed by atoms with Gasteiger partial charge in [0.1, 0.15) is 5.82 Å². The van der Waals surface area contributed by atoms with Gasteiger partial charge < -0.3 is 15.4 Å². The van der Waals surface area contributed by atoms with Gasteiger partial charge in [-0.3, -0.25) is 4.79 Å². The summed E-state index contributed by atoms with van der Waals surface area (Å²) in [4.78, 5) is 19.6. The van der Waals surface area contributed by atoms with E-state index in [1.165, 1.54) is 0 Å². The Labute approximate surface area is 107 Å². The number of rotatable bonds is 7. The van der Waals surface area contributed by atoms with Crippen molar-refractivity contribution in [3.63, 3.8) is 0 Å². The lowest BCUT2D eigenvalue weighted by atomic mass is 10.3. The normalized spacial score (nSPS) is 9.94. The van der Waals surface area contributed by atoms with Crippen molar-refractivity contribution in [1.82, 2.24) is 9.97 Å². The number of hydrogen-bond acceptors (Lipinski definition) is 6. The zero-order chi connectivity index (χ0) is 13.4. The molecule has 0 aliphatic heterocycles. The first-order chi connectivity index (χ1) is 8.65. The number of esters is 1. The average molecular weight is 252 g/mol. The predicted molar refractivity (Wildman–Crippen MR) is 70.7 cm³/mol. The molecule has 0 atom stereocenters. The Kier molecular flexibility index (Phi) is 5.90. The summed E-state index contributed by atoms with van der Waals surface area (Å²) in [6, 6.07) is 1.87. The summed E-state index contributed by atoms with van der Waals surface area (Å²) in [6.07, 6.45) is 1.14. The van der Waals surface area contributed by atoms with Crippen molar-refractivity contribution in [2.75, 3.05) is 30.8 Å². The smallest absolute Gasteiger partial charge is 0.305 e. The lowest BCUT2D eigenvalue weighted by molar-refractivity contribution is -0.143. The lowest BCUT2D eigenvalue weighted by Crippen LogP contribution is -2.10. The lowest BCUT2D eigenvalue weighted by Gasteiger charge is -2.08. The van der Waals surface area contributed by atoms with Gasteiger partial charge in [0.2, 0.25) is 5.95 Å². The SMILES string of the molecule is CCOC(=O)CCCNc1cc(C)nc(NC)n1. The first-order valence-electron chi connectivity index (χ1n) is 6.08. The number of carbonyl (C=O) groups excluding carboxylic acids is 1. The van der Waals surface area contributed by atoms with E-state index in [0.717, 1.165) is 17.9 Å². The summed E-state index contributed by atoms with van der Waals surface area (Å²) in [5.41, 5.74) is 0.891. The van der Waals surface area contributed by atoms with Gasteiger partial charge in [0.25, 0.3) is 0 Å². The second-order valence-electron chi connectivity index (χ2n) is 3.80. The Hall–Kier alpha value is -1.85. The van der Waals surface area contributed by atoms with E-state index in [1.54, 1.807) is 14.0 Å². The molecule has 1 aromatic rings. The fourth-order valence-electron chi connectivity index (χ4n) is 1.45. The van der Waals surface area contributed by atoms with E-state index in [4.69, 9.17) is 4.74 Å². The highest BCUT2D eigenvalue weighted by molar-refractivity contribution is 5.69. The Bertz CT molecular complexity index is 396. The van der Waals surface area contributed by atoms with Crippen molar-refractivity contribution in [3.8, 4) is 0 Å². The monoisotopic (exact) mass is 252 g/mol. The molecule has 18 heavy (non-hydrogen) atoms. The van der Waals surface area contributed by atoms with E-state index < -0.39 is 0 Å². The maximum Gasteiger partial charge on any atom is 0.305 e. The summed E-state index contributed by atoms with van der Waals surface area (Å²) < 4.78 is 4.85. The van der Waals surface area contributed by atoms with Crippen LogP contribution in [-0.4, -0.2) is 36.1 Å². The molecule has 0 fully saturated rings. The quantitative estimate of drug-likeness (QED) is 0.567. The molecule has 0 saturated heterocycles. The molecule has 0 aromatic carbocycles. The van der Waals surface area contributed by atoms with Gasteiger partial charge in [-0.2, -0.15) is 4.98 Å². The standard InChI is InChI=1S/C12H20N4O2/c1-4-18-11(17)6-5-7-14-10-8-9(2)15-12(13-3)16-10/h8H,4-7H2,1-3H3,(H2,13,14,15,16). The molecule has 0 amide bonds. The van der Waals surface area contributed by atoms with E-state index in [2.05, 4.69) is 20.6 Å². The number of nitrogens with one attached hydrogen (secondary N) is 2. The van der Waals surface area contributed by atoms with E-state index >= 15 is 0 Å². The number of hydrogen-bond donors (Lipinski definition) is 2. The van der Waals surface area contributed by atoms with Crippen molar-refractivity contribution in [3.05, 3.63) is 11.8 Å². The van der Waals surface area contributed by atoms with Gasteiger partial charge in [-0.25, -0.2) is 4.98 Å². The summed E-state index contributed by atoms with van der Waals surface area (Å²) in [5, 5.41) is 6.06. The van der Waals surface area contributed by atoms with Gasteiger partial charge in [-0.15, -0.1) is 0 Å². The molecular formula is C12H20N4O2. The van der Waals surface area contributed by atoms with Crippen molar-refractivity contribution >= 4 is 17.7 Å². The molecule has 0 unspecified atom stereocenters. The fraction of sp³-hybridized carbons (Fsp3) is 0.583. The molecule has 1 rings (SSSR count). The molecular weight excluding hydrogens is 232 g/mol. The molecule has 0 aliphatic carbocycles. The van der Waals surface area contributed by atoms with E-state index in [0.29, 0.717) is 25.5 Å². The maximum absolute atomic E-state index is 11.1. The zero-order valence-electron chi connectivity index (χ0n) is 11.1. The molecule has 0 radical (unpaired) electrons. The van der Waals surface area contributed by atoms with Gasteiger partial charge in [0.15, 0.2) is 0 Å². The largest absolute Gasteiger partial charge is 0.466 e. The van der Waals surface area contributed by atoms with Crippen LogP contribution >= 0.6 is 0 Å². The average Bonchev–Trinajstić information content (AvgIpc) is 2.34. The van der Waals surface area contributed by atoms with Crippen LogP contribution in [0.3, 0.4) is 0 Å². The number of aryl methyl sites for hydroxylation is 1. The first kappa shape index (κ1) is 14.2. The number of ether oxygens (including phenoxy) is 1. The minimum atomic E-state index is -0.158. The van der Waals surface area contributed by atoms with Crippen LogP contribution in [0, 0.1) is 6.92 Å². The molecule has 0 spiro atoms. The van der Waals surface area contributed by atoms with Crippen LogP contribution < -0.4 is 10.6 Å². The van der Waals surface area contributed by atoms with Crippen LogP contribution in [-0.2, 0) is 9.53 Å². The van der Waals surface area contributed by atoms with Crippen molar-refractivity contribution < 1.29 is 9.53 Å². The number of anilines is 2. The molecule has 100 valence electrons. The third-order valence-corrected chi connectivity index (χ3v) is 2.25.